The van der Waals surface area contributed by atoms with E-state index < -0.39 is 5.60 Å². The standard InChI is InChI=1S/C12H28N2O/c1-4-5-9-14(3)10-7-6-8-12(2,15)11-13/h15H,4-11,13H2,1-3H3. The average molecular weight is 216 g/mol. The van der Waals surface area contributed by atoms with Crippen molar-refractivity contribution in [1.82, 2.24) is 4.90 Å². The SMILES string of the molecule is CCCCN(C)CCCCC(C)(O)CN. The van der Waals surface area contributed by atoms with Crippen LogP contribution in [-0.2, 0) is 0 Å². The summed E-state index contributed by atoms with van der Waals surface area (Å²) in [5.74, 6) is 0. The molecule has 1 atom stereocenters. The molecule has 0 heterocycles. The minimum absolute atomic E-state index is 0.360. The number of rotatable bonds is 9. The number of hydrogen-bond acceptors (Lipinski definition) is 3. The van der Waals surface area contributed by atoms with Crippen LogP contribution in [0.2, 0.25) is 0 Å². The van der Waals surface area contributed by atoms with E-state index in [0.717, 1.165) is 25.8 Å². The molecule has 0 aromatic carbocycles. The molecule has 1 unspecified atom stereocenters. The third-order valence-corrected chi connectivity index (χ3v) is 2.84. The Morgan fingerprint density at radius 2 is 1.80 bits per heavy atom. The molecule has 0 spiro atoms. The van der Waals surface area contributed by atoms with Crippen molar-refractivity contribution in [2.45, 2.75) is 51.6 Å². The summed E-state index contributed by atoms with van der Waals surface area (Å²) in [5.41, 5.74) is 4.79. The summed E-state index contributed by atoms with van der Waals surface area (Å²) in [7, 11) is 2.16. The molecule has 0 fully saturated rings. The van der Waals surface area contributed by atoms with Crippen molar-refractivity contribution < 1.29 is 5.11 Å². The van der Waals surface area contributed by atoms with Crippen molar-refractivity contribution >= 4 is 0 Å². The molecule has 0 aliphatic carbocycles. The van der Waals surface area contributed by atoms with Crippen molar-refractivity contribution in [3.05, 3.63) is 0 Å². The zero-order chi connectivity index (χ0) is 11.7. The number of aliphatic hydroxyl groups is 1. The normalized spacial score (nSPS) is 15.6. The molecule has 0 saturated carbocycles. The van der Waals surface area contributed by atoms with Gasteiger partial charge in [-0.15, -0.1) is 0 Å². The van der Waals surface area contributed by atoms with E-state index in [0.29, 0.717) is 6.54 Å². The Morgan fingerprint density at radius 1 is 1.20 bits per heavy atom. The molecule has 0 aliphatic heterocycles. The highest BCUT2D eigenvalue weighted by Gasteiger charge is 2.16. The minimum atomic E-state index is -0.665. The Morgan fingerprint density at radius 3 is 2.33 bits per heavy atom. The maximum absolute atomic E-state index is 9.69. The summed E-state index contributed by atoms with van der Waals surface area (Å²) in [6.07, 6.45) is 5.55. The van der Waals surface area contributed by atoms with Crippen LogP contribution < -0.4 is 5.73 Å². The van der Waals surface area contributed by atoms with Gasteiger partial charge in [0, 0.05) is 6.54 Å². The lowest BCUT2D eigenvalue weighted by molar-refractivity contribution is 0.0566. The quantitative estimate of drug-likeness (QED) is 0.576. The minimum Gasteiger partial charge on any atom is -0.389 e. The van der Waals surface area contributed by atoms with Gasteiger partial charge in [0.25, 0.3) is 0 Å². The van der Waals surface area contributed by atoms with Gasteiger partial charge in [0.1, 0.15) is 0 Å². The predicted molar refractivity (Wildman–Crippen MR) is 65.9 cm³/mol. The molecule has 15 heavy (non-hydrogen) atoms. The first-order valence-corrected chi connectivity index (χ1v) is 6.13. The van der Waals surface area contributed by atoms with E-state index >= 15 is 0 Å². The smallest absolute Gasteiger partial charge is 0.0741 e. The third-order valence-electron chi connectivity index (χ3n) is 2.84. The Kier molecular flexibility index (Phi) is 8.02. The van der Waals surface area contributed by atoms with Crippen LogP contribution in [0.5, 0.6) is 0 Å². The van der Waals surface area contributed by atoms with Crippen molar-refractivity contribution in [2.24, 2.45) is 5.73 Å². The van der Waals surface area contributed by atoms with Gasteiger partial charge in [0.2, 0.25) is 0 Å². The summed E-state index contributed by atoms with van der Waals surface area (Å²) < 4.78 is 0. The molecule has 0 rings (SSSR count). The van der Waals surface area contributed by atoms with E-state index in [1.807, 2.05) is 6.92 Å². The van der Waals surface area contributed by atoms with Gasteiger partial charge in [-0.05, 0) is 52.7 Å². The lowest BCUT2D eigenvalue weighted by atomic mass is 9.99. The third kappa shape index (κ3) is 8.85. The number of unbranched alkanes of at least 4 members (excludes halogenated alkanes) is 2. The van der Waals surface area contributed by atoms with Crippen LogP contribution in [0.4, 0.5) is 0 Å². The van der Waals surface area contributed by atoms with E-state index in [4.69, 9.17) is 5.73 Å². The fourth-order valence-corrected chi connectivity index (χ4v) is 1.53. The highest BCUT2D eigenvalue weighted by Crippen LogP contribution is 2.11. The second-order valence-corrected chi connectivity index (χ2v) is 4.82. The van der Waals surface area contributed by atoms with Crippen molar-refractivity contribution in [3.8, 4) is 0 Å². The van der Waals surface area contributed by atoms with Crippen LogP contribution in [0, 0.1) is 0 Å². The maximum atomic E-state index is 9.69. The second-order valence-electron chi connectivity index (χ2n) is 4.82. The van der Waals surface area contributed by atoms with Gasteiger partial charge in [-0.1, -0.05) is 13.3 Å². The molecule has 3 nitrogen and oxygen atoms in total. The first-order chi connectivity index (χ1) is 7.02. The predicted octanol–water partition coefficient (Wildman–Crippen LogP) is 1.60. The summed E-state index contributed by atoms with van der Waals surface area (Å²) in [5, 5.41) is 9.69. The van der Waals surface area contributed by atoms with Crippen molar-refractivity contribution in [2.75, 3.05) is 26.7 Å². The molecule has 0 aromatic heterocycles. The molecule has 0 bridgehead atoms. The monoisotopic (exact) mass is 216 g/mol. The lowest BCUT2D eigenvalue weighted by Gasteiger charge is -2.21. The molecule has 3 heteroatoms. The summed E-state index contributed by atoms with van der Waals surface area (Å²) in [6, 6.07) is 0. The molecular formula is C12H28N2O. The van der Waals surface area contributed by atoms with Crippen LogP contribution in [0.25, 0.3) is 0 Å². The number of nitrogens with zero attached hydrogens (tertiary/aromatic N) is 1. The zero-order valence-corrected chi connectivity index (χ0v) is 10.6. The van der Waals surface area contributed by atoms with Gasteiger partial charge >= 0.3 is 0 Å². The van der Waals surface area contributed by atoms with E-state index in [2.05, 4.69) is 18.9 Å². The maximum Gasteiger partial charge on any atom is 0.0741 e. The highest BCUT2D eigenvalue weighted by molar-refractivity contribution is 4.72. The summed E-state index contributed by atoms with van der Waals surface area (Å²) in [4.78, 5) is 2.36. The van der Waals surface area contributed by atoms with Gasteiger partial charge in [-0.2, -0.15) is 0 Å². The fraction of sp³-hybridized carbons (Fsp3) is 1.00. The highest BCUT2D eigenvalue weighted by atomic mass is 16.3. The van der Waals surface area contributed by atoms with Crippen LogP contribution in [0.15, 0.2) is 0 Å². The molecule has 0 radical (unpaired) electrons. The van der Waals surface area contributed by atoms with Crippen LogP contribution in [-0.4, -0.2) is 42.3 Å². The van der Waals surface area contributed by atoms with Crippen molar-refractivity contribution in [3.63, 3.8) is 0 Å². The Hall–Kier alpha value is -0.120. The van der Waals surface area contributed by atoms with Crippen LogP contribution in [0.3, 0.4) is 0 Å². The van der Waals surface area contributed by atoms with E-state index in [1.165, 1.54) is 19.4 Å². The summed E-state index contributed by atoms with van der Waals surface area (Å²) >= 11 is 0. The van der Waals surface area contributed by atoms with Gasteiger partial charge < -0.3 is 15.7 Å². The first-order valence-electron chi connectivity index (χ1n) is 6.13. The van der Waals surface area contributed by atoms with E-state index in [9.17, 15) is 5.11 Å². The van der Waals surface area contributed by atoms with Gasteiger partial charge in [-0.25, -0.2) is 0 Å². The Balaban J connectivity index is 3.37. The Bertz CT molecular complexity index is 149. The van der Waals surface area contributed by atoms with Crippen molar-refractivity contribution in [1.29, 1.82) is 0 Å². The Labute approximate surface area is 94.6 Å². The van der Waals surface area contributed by atoms with Gasteiger partial charge in [0.15, 0.2) is 0 Å². The molecular weight excluding hydrogens is 188 g/mol. The molecule has 0 saturated heterocycles. The fourth-order valence-electron chi connectivity index (χ4n) is 1.53. The van der Waals surface area contributed by atoms with Gasteiger partial charge in [0.05, 0.1) is 5.60 Å². The lowest BCUT2D eigenvalue weighted by Crippen LogP contribution is -2.34. The second kappa shape index (κ2) is 8.08. The van der Waals surface area contributed by atoms with E-state index in [-0.39, 0.29) is 0 Å². The van der Waals surface area contributed by atoms with Crippen LogP contribution in [0.1, 0.15) is 46.0 Å². The molecule has 92 valence electrons. The summed E-state index contributed by atoms with van der Waals surface area (Å²) in [6.45, 7) is 6.70. The number of hydrogen-bond donors (Lipinski definition) is 2. The molecule has 0 aliphatic rings. The zero-order valence-electron chi connectivity index (χ0n) is 10.6. The molecule has 0 aromatic rings. The van der Waals surface area contributed by atoms with E-state index in [1.54, 1.807) is 0 Å². The number of nitrogens with two attached hydrogens (primary N) is 1. The molecule has 0 amide bonds. The topological polar surface area (TPSA) is 49.5 Å². The first kappa shape index (κ1) is 14.9. The largest absolute Gasteiger partial charge is 0.389 e. The van der Waals surface area contributed by atoms with Gasteiger partial charge in [-0.3, -0.25) is 0 Å². The van der Waals surface area contributed by atoms with Crippen LogP contribution >= 0.6 is 0 Å². The average Bonchev–Trinajstić information content (AvgIpc) is 2.21. The molecule has 3 N–H and O–H groups in total.